The summed E-state index contributed by atoms with van der Waals surface area (Å²) in [5.41, 5.74) is 0. The summed E-state index contributed by atoms with van der Waals surface area (Å²) in [6.45, 7) is 0.240. The van der Waals surface area contributed by atoms with Crippen LogP contribution in [0.25, 0.3) is 0 Å². The molecule has 1 aromatic heterocycles. The summed E-state index contributed by atoms with van der Waals surface area (Å²) in [5.74, 6) is 0.217. The Bertz CT molecular complexity index is 389. The second-order valence-corrected chi connectivity index (χ2v) is 4.57. The van der Waals surface area contributed by atoms with Crippen LogP contribution in [0.15, 0.2) is 10.7 Å². The smallest absolute Gasteiger partial charge is 0.242 e. The van der Waals surface area contributed by atoms with Gasteiger partial charge in [-0.2, -0.15) is 5.10 Å². The molecule has 0 aliphatic carbocycles. The lowest BCUT2D eigenvalue weighted by molar-refractivity contribution is -0.117. The third kappa shape index (κ3) is 2.41. The third-order valence-electron chi connectivity index (χ3n) is 2.47. The van der Waals surface area contributed by atoms with Crippen LogP contribution in [0.5, 0.6) is 0 Å². The molecule has 88 valence electrons. The molecule has 0 saturated carbocycles. The normalized spacial score (nSPS) is 24.7. The second-order valence-electron chi connectivity index (χ2n) is 3.76. The van der Waals surface area contributed by atoms with Crippen molar-refractivity contribution in [3.63, 3.8) is 0 Å². The SMILES string of the molecule is Cn1nc(NC(=O)[C@@H]2C[C@@H](F)CN2)cc1Br. The van der Waals surface area contributed by atoms with Crippen LogP contribution >= 0.6 is 15.9 Å². The summed E-state index contributed by atoms with van der Waals surface area (Å²) in [6, 6.07) is 1.23. The lowest BCUT2D eigenvalue weighted by Gasteiger charge is -2.08. The van der Waals surface area contributed by atoms with Gasteiger partial charge < -0.3 is 10.6 Å². The van der Waals surface area contributed by atoms with Crippen LogP contribution < -0.4 is 10.6 Å². The van der Waals surface area contributed by atoms with E-state index in [9.17, 15) is 9.18 Å². The monoisotopic (exact) mass is 290 g/mol. The fourth-order valence-electron chi connectivity index (χ4n) is 1.61. The molecule has 1 aliphatic rings. The fourth-order valence-corrected chi connectivity index (χ4v) is 1.91. The predicted molar refractivity (Wildman–Crippen MR) is 60.8 cm³/mol. The van der Waals surface area contributed by atoms with Gasteiger partial charge in [-0.1, -0.05) is 0 Å². The fraction of sp³-hybridized carbons (Fsp3) is 0.556. The first kappa shape index (κ1) is 11.5. The number of aromatic nitrogens is 2. The molecule has 0 bridgehead atoms. The summed E-state index contributed by atoms with van der Waals surface area (Å²) >= 11 is 3.27. The Hall–Kier alpha value is -0.950. The van der Waals surface area contributed by atoms with Gasteiger partial charge in [0.2, 0.25) is 5.91 Å². The van der Waals surface area contributed by atoms with E-state index in [0.717, 1.165) is 4.60 Å². The molecule has 2 rings (SSSR count). The van der Waals surface area contributed by atoms with Gasteiger partial charge in [0.15, 0.2) is 5.82 Å². The average molecular weight is 291 g/mol. The number of alkyl halides is 1. The molecule has 0 aromatic carbocycles. The molecule has 1 amide bonds. The highest BCUT2D eigenvalue weighted by atomic mass is 79.9. The van der Waals surface area contributed by atoms with Crippen LogP contribution in [-0.4, -0.2) is 34.4 Å². The first-order valence-electron chi connectivity index (χ1n) is 4.94. The van der Waals surface area contributed by atoms with Crippen molar-refractivity contribution in [1.29, 1.82) is 0 Å². The number of hydrogen-bond acceptors (Lipinski definition) is 3. The minimum atomic E-state index is -0.939. The van der Waals surface area contributed by atoms with Crippen molar-refractivity contribution < 1.29 is 9.18 Å². The van der Waals surface area contributed by atoms with E-state index in [0.29, 0.717) is 5.82 Å². The van der Waals surface area contributed by atoms with Gasteiger partial charge in [0.05, 0.1) is 6.04 Å². The first-order chi connectivity index (χ1) is 7.56. The highest BCUT2D eigenvalue weighted by Gasteiger charge is 2.29. The van der Waals surface area contributed by atoms with Crippen molar-refractivity contribution in [2.45, 2.75) is 18.6 Å². The highest BCUT2D eigenvalue weighted by molar-refractivity contribution is 9.10. The molecule has 1 saturated heterocycles. The number of nitrogens with zero attached hydrogens (tertiary/aromatic N) is 2. The van der Waals surface area contributed by atoms with Crippen molar-refractivity contribution in [2.24, 2.45) is 7.05 Å². The van der Waals surface area contributed by atoms with Gasteiger partial charge in [0, 0.05) is 26.1 Å². The summed E-state index contributed by atoms with van der Waals surface area (Å²) in [5, 5.41) is 9.51. The topological polar surface area (TPSA) is 59.0 Å². The molecular weight excluding hydrogens is 279 g/mol. The molecular formula is C9H12BrFN4O. The van der Waals surface area contributed by atoms with Gasteiger partial charge in [-0.25, -0.2) is 4.39 Å². The molecule has 0 radical (unpaired) electrons. The van der Waals surface area contributed by atoms with E-state index in [4.69, 9.17) is 0 Å². The number of amides is 1. The molecule has 1 aliphatic heterocycles. The maximum atomic E-state index is 12.9. The Balaban J connectivity index is 1.97. The number of halogens is 2. The number of carbonyl (C=O) groups excluding carboxylic acids is 1. The van der Waals surface area contributed by atoms with Crippen molar-refractivity contribution in [3.05, 3.63) is 10.7 Å². The minimum Gasteiger partial charge on any atom is -0.308 e. The van der Waals surface area contributed by atoms with Gasteiger partial charge in [0.25, 0.3) is 0 Å². The zero-order valence-corrected chi connectivity index (χ0v) is 10.3. The first-order valence-corrected chi connectivity index (χ1v) is 5.73. The molecule has 0 spiro atoms. The Morgan fingerprint density at radius 1 is 1.81 bits per heavy atom. The van der Waals surface area contributed by atoms with Crippen molar-refractivity contribution >= 4 is 27.7 Å². The van der Waals surface area contributed by atoms with Gasteiger partial charge in [0.1, 0.15) is 10.8 Å². The average Bonchev–Trinajstić information content (AvgIpc) is 2.75. The number of nitrogens with one attached hydrogen (secondary N) is 2. The lowest BCUT2D eigenvalue weighted by atomic mass is 10.2. The van der Waals surface area contributed by atoms with Gasteiger partial charge >= 0.3 is 0 Å². The summed E-state index contributed by atoms with van der Waals surface area (Å²) in [7, 11) is 1.76. The van der Waals surface area contributed by atoms with E-state index in [-0.39, 0.29) is 18.9 Å². The standard InChI is InChI=1S/C9H12BrFN4O/c1-15-7(10)3-8(14-15)13-9(16)6-2-5(11)4-12-6/h3,5-6,12H,2,4H2,1H3,(H,13,14,16)/t5-,6+/m1/s1. The molecule has 1 fully saturated rings. The molecule has 2 N–H and O–H groups in total. The Labute approximate surface area is 101 Å². The second kappa shape index (κ2) is 4.50. The zero-order valence-electron chi connectivity index (χ0n) is 8.70. The molecule has 16 heavy (non-hydrogen) atoms. The van der Waals surface area contributed by atoms with Crippen LogP contribution in [-0.2, 0) is 11.8 Å². The van der Waals surface area contributed by atoms with Gasteiger partial charge in [-0.15, -0.1) is 0 Å². The van der Waals surface area contributed by atoms with E-state index in [1.165, 1.54) is 0 Å². The largest absolute Gasteiger partial charge is 0.308 e. The van der Waals surface area contributed by atoms with Gasteiger partial charge in [-0.05, 0) is 15.9 Å². The Kier molecular flexibility index (Phi) is 3.25. The van der Waals surface area contributed by atoms with E-state index in [1.54, 1.807) is 17.8 Å². The molecule has 0 unspecified atom stereocenters. The van der Waals surface area contributed by atoms with Crippen molar-refractivity contribution in [2.75, 3.05) is 11.9 Å². The quantitative estimate of drug-likeness (QED) is 0.848. The molecule has 5 nitrogen and oxygen atoms in total. The summed E-state index contributed by atoms with van der Waals surface area (Å²) in [6.07, 6.45) is -0.717. The van der Waals surface area contributed by atoms with Crippen LogP contribution in [0.4, 0.5) is 10.2 Å². The van der Waals surface area contributed by atoms with E-state index in [1.807, 2.05) is 0 Å². The van der Waals surface area contributed by atoms with E-state index >= 15 is 0 Å². The van der Waals surface area contributed by atoms with Crippen LogP contribution in [0.1, 0.15) is 6.42 Å². The minimum absolute atomic E-state index is 0.222. The lowest BCUT2D eigenvalue weighted by Crippen LogP contribution is -2.35. The van der Waals surface area contributed by atoms with Crippen LogP contribution in [0.2, 0.25) is 0 Å². The summed E-state index contributed by atoms with van der Waals surface area (Å²) < 4.78 is 15.2. The molecule has 1 aromatic rings. The number of rotatable bonds is 2. The predicted octanol–water partition coefficient (Wildman–Crippen LogP) is 0.821. The maximum Gasteiger partial charge on any atom is 0.242 e. The zero-order chi connectivity index (χ0) is 11.7. The van der Waals surface area contributed by atoms with Gasteiger partial charge in [-0.3, -0.25) is 9.48 Å². The van der Waals surface area contributed by atoms with Crippen molar-refractivity contribution in [1.82, 2.24) is 15.1 Å². The highest BCUT2D eigenvalue weighted by Crippen LogP contribution is 2.16. The van der Waals surface area contributed by atoms with E-state index < -0.39 is 12.2 Å². The Morgan fingerprint density at radius 3 is 3.06 bits per heavy atom. The maximum absolute atomic E-state index is 12.9. The number of anilines is 1. The van der Waals surface area contributed by atoms with Crippen LogP contribution in [0, 0.1) is 0 Å². The molecule has 2 heterocycles. The number of aryl methyl sites for hydroxylation is 1. The number of hydrogen-bond donors (Lipinski definition) is 2. The Morgan fingerprint density at radius 2 is 2.56 bits per heavy atom. The van der Waals surface area contributed by atoms with Crippen molar-refractivity contribution in [3.8, 4) is 0 Å². The van der Waals surface area contributed by atoms with Crippen LogP contribution in [0.3, 0.4) is 0 Å². The third-order valence-corrected chi connectivity index (χ3v) is 3.21. The van der Waals surface area contributed by atoms with E-state index in [2.05, 4.69) is 31.7 Å². The number of carbonyl (C=O) groups is 1. The summed E-state index contributed by atoms with van der Waals surface area (Å²) in [4.78, 5) is 11.7. The molecule has 7 heteroatoms. The molecule has 2 atom stereocenters.